The summed E-state index contributed by atoms with van der Waals surface area (Å²) in [5.41, 5.74) is 3.50. The summed E-state index contributed by atoms with van der Waals surface area (Å²) in [4.78, 5) is 17.8. The first-order chi connectivity index (χ1) is 11.8. The van der Waals surface area contributed by atoms with Crippen molar-refractivity contribution < 1.29 is 4.79 Å². The van der Waals surface area contributed by atoms with Crippen LogP contribution in [0.25, 0.3) is 0 Å². The predicted octanol–water partition coefficient (Wildman–Crippen LogP) is 0.954. The third-order valence-corrected chi connectivity index (χ3v) is 4.63. The van der Waals surface area contributed by atoms with Gasteiger partial charge in [0.15, 0.2) is 5.96 Å². The fraction of sp³-hybridized carbons (Fsp3) is 0.706. The third-order valence-electron chi connectivity index (χ3n) is 4.02. The van der Waals surface area contributed by atoms with E-state index in [0.717, 1.165) is 24.4 Å². The van der Waals surface area contributed by atoms with E-state index in [-0.39, 0.29) is 18.5 Å². The van der Waals surface area contributed by atoms with Gasteiger partial charge in [0.25, 0.3) is 0 Å². The normalized spacial score (nSPS) is 12.8. The van der Waals surface area contributed by atoms with Gasteiger partial charge in [-0.25, -0.2) is 4.99 Å². The average molecular weight is 369 g/mol. The Balaban J connectivity index is 2.74. The van der Waals surface area contributed by atoms with Gasteiger partial charge in [-0.1, -0.05) is 0 Å². The number of likely N-dealkylation sites (N-methyl/N-ethyl adjacent to an activating group) is 1. The molecule has 8 heteroatoms. The number of amides is 1. The Labute approximate surface area is 155 Å². The minimum Gasteiger partial charge on any atom is -0.356 e. The van der Waals surface area contributed by atoms with E-state index in [2.05, 4.69) is 40.8 Å². The molecule has 0 aliphatic carbocycles. The number of hydrogen-bond donors (Lipinski definition) is 2. The number of guanidine groups is 1. The maximum Gasteiger partial charge on any atom is 0.243 e. The lowest BCUT2D eigenvalue weighted by Gasteiger charge is -2.19. The molecule has 25 heavy (non-hydrogen) atoms. The standard InChI is InChI=1S/C17H32N6OS/c1-12(10-15-13(2)21-23(6)14(15)3)20-17(18-8-9-25-7)19-11-16(24)22(4)5/h12H,8-11H2,1-7H3,(H2,18,19,20). The molecule has 1 aromatic rings. The van der Waals surface area contributed by atoms with Crippen LogP contribution >= 0.6 is 11.8 Å². The molecular formula is C17H32N6OS. The first kappa shape index (κ1) is 21.3. The van der Waals surface area contributed by atoms with Crippen molar-refractivity contribution in [3.63, 3.8) is 0 Å². The summed E-state index contributed by atoms with van der Waals surface area (Å²) < 4.78 is 1.92. The smallest absolute Gasteiger partial charge is 0.243 e. The Morgan fingerprint density at radius 1 is 1.40 bits per heavy atom. The highest BCUT2D eigenvalue weighted by molar-refractivity contribution is 7.98. The first-order valence-electron chi connectivity index (χ1n) is 8.49. The van der Waals surface area contributed by atoms with Crippen molar-refractivity contribution in [2.45, 2.75) is 33.2 Å². The van der Waals surface area contributed by atoms with Crippen molar-refractivity contribution in [2.75, 3.05) is 39.2 Å². The van der Waals surface area contributed by atoms with Crippen LogP contribution in [0.5, 0.6) is 0 Å². The quantitative estimate of drug-likeness (QED) is 0.406. The maximum atomic E-state index is 11.8. The van der Waals surface area contributed by atoms with Crippen molar-refractivity contribution in [2.24, 2.45) is 12.0 Å². The SMILES string of the molecule is CSCCNC(=NCC(=O)N(C)C)NC(C)Cc1c(C)nn(C)c1C. The molecule has 0 aliphatic rings. The molecule has 1 heterocycles. The highest BCUT2D eigenvalue weighted by Gasteiger charge is 2.14. The van der Waals surface area contributed by atoms with Gasteiger partial charge in [0, 0.05) is 45.2 Å². The first-order valence-corrected chi connectivity index (χ1v) is 9.88. The summed E-state index contributed by atoms with van der Waals surface area (Å²) in [7, 11) is 5.44. The number of nitrogens with zero attached hydrogens (tertiary/aromatic N) is 4. The molecule has 7 nitrogen and oxygen atoms in total. The van der Waals surface area contributed by atoms with Crippen LogP contribution in [0.15, 0.2) is 4.99 Å². The van der Waals surface area contributed by atoms with E-state index in [1.165, 1.54) is 11.3 Å². The molecule has 1 atom stereocenters. The molecule has 2 N–H and O–H groups in total. The zero-order chi connectivity index (χ0) is 19.0. The van der Waals surface area contributed by atoms with Gasteiger partial charge in [-0.3, -0.25) is 9.48 Å². The molecule has 0 saturated carbocycles. The lowest BCUT2D eigenvalue weighted by Crippen LogP contribution is -2.44. The highest BCUT2D eigenvalue weighted by Crippen LogP contribution is 2.14. The van der Waals surface area contributed by atoms with E-state index in [1.54, 1.807) is 30.8 Å². The Hall–Kier alpha value is -1.70. The van der Waals surface area contributed by atoms with Crippen LogP contribution in [0.2, 0.25) is 0 Å². The molecule has 0 bridgehead atoms. The maximum absolute atomic E-state index is 11.8. The van der Waals surface area contributed by atoms with Gasteiger partial charge in [0.05, 0.1) is 5.69 Å². The van der Waals surface area contributed by atoms with Gasteiger partial charge in [-0.05, 0) is 39.0 Å². The van der Waals surface area contributed by atoms with Crippen LogP contribution in [-0.4, -0.2) is 71.8 Å². The molecule has 0 aliphatic heterocycles. The molecule has 1 aromatic heterocycles. The van der Waals surface area contributed by atoms with E-state index < -0.39 is 0 Å². The van der Waals surface area contributed by atoms with Crippen LogP contribution < -0.4 is 10.6 Å². The lowest BCUT2D eigenvalue weighted by atomic mass is 10.1. The Morgan fingerprint density at radius 2 is 2.08 bits per heavy atom. The van der Waals surface area contributed by atoms with Gasteiger partial charge in [-0.2, -0.15) is 16.9 Å². The molecule has 1 amide bonds. The van der Waals surface area contributed by atoms with Crippen molar-refractivity contribution >= 4 is 23.6 Å². The Bertz CT molecular complexity index is 596. The molecular weight excluding hydrogens is 336 g/mol. The number of nitrogens with one attached hydrogen (secondary N) is 2. The second kappa shape index (κ2) is 10.3. The molecule has 0 fully saturated rings. The summed E-state index contributed by atoms with van der Waals surface area (Å²) in [6.07, 6.45) is 2.93. The monoisotopic (exact) mass is 368 g/mol. The molecule has 1 unspecified atom stereocenters. The summed E-state index contributed by atoms with van der Waals surface area (Å²) in [6, 6.07) is 0.177. The molecule has 0 aromatic carbocycles. The second-order valence-corrected chi connectivity index (χ2v) is 7.38. The van der Waals surface area contributed by atoms with E-state index in [1.807, 2.05) is 18.7 Å². The van der Waals surface area contributed by atoms with Crippen LogP contribution in [-0.2, 0) is 18.3 Å². The number of aliphatic imine (C=N–C) groups is 1. The number of carbonyl (C=O) groups is 1. The van der Waals surface area contributed by atoms with Crippen molar-refractivity contribution in [1.82, 2.24) is 25.3 Å². The van der Waals surface area contributed by atoms with Crippen LogP contribution in [0.4, 0.5) is 0 Å². The predicted molar refractivity (Wildman–Crippen MR) is 106 cm³/mol. The fourth-order valence-electron chi connectivity index (χ4n) is 2.42. The lowest BCUT2D eigenvalue weighted by molar-refractivity contribution is -0.127. The third kappa shape index (κ3) is 6.97. The minimum atomic E-state index is -0.0161. The summed E-state index contributed by atoms with van der Waals surface area (Å²) in [5.74, 6) is 1.64. The molecule has 142 valence electrons. The van der Waals surface area contributed by atoms with Crippen molar-refractivity contribution in [1.29, 1.82) is 0 Å². The van der Waals surface area contributed by atoms with E-state index in [4.69, 9.17) is 0 Å². The van der Waals surface area contributed by atoms with Crippen LogP contribution in [0.1, 0.15) is 23.9 Å². The average Bonchev–Trinajstić information content (AvgIpc) is 2.78. The highest BCUT2D eigenvalue weighted by atomic mass is 32.2. The minimum absolute atomic E-state index is 0.0161. The summed E-state index contributed by atoms with van der Waals surface area (Å²) >= 11 is 1.77. The number of rotatable bonds is 8. The zero-order valence-electron chi connectivity index (χ0n) is 16.5. The number of aromatic nitrogens is 2. The topological polar surface area (TPSA) is 74.6 Å². The van der Waals surface area contributed by atoms with E-state index in [0.29, 0.717) is 5.96 Å². The number of hydrogen-bond acceptors (Lipinski definition) is 4. The summed E-state index contributed by atoms with van der Waals surface area (Å²) in [5, 5.41) is 11.2. The van der Waals surface area contributed by atoms with Gasteiger partial charge >= 0.3 is 0 Å². The Morgan fingerprint density at radius 3 is 2.60 bits per heavy atom. The van der Waals surface area contributed by atoms with E-state index >= 15 is 0 Å². The largest absolute Gasteiger partial charge is 0.356 e. The molecule has 1 rings (SSSR count). The Kier molecular flexibility index (Phi) is 8.82. The van der Waals surface area contributed by atoms with Gasteiger partial charge in [-0.15, -0.1) is 0 Å². The van der Waals surface area contributed by atoms with Crippen molar-refractivity contribution in [3.05, 3.63) is 17.0 Å². The molecule has 0 saturated heterocycles. The van der Waals surface area contributed by atoms with Gasteiger partial charge in [0.2, 0.25) is 5.91 Å². The molecule has 0 spiro atoms. The van der Waals surface area contributed by atoms with Crippen LogP contribution in [0.3, 0.4) is 0 Å². The van der Waals surface area contributed by atoms with Gasteiger partial charge in [0.1, 0.15) is 6.54 Å². The second-order valence-electron chi connectivity index (χ2n) is 6.40. The summed E-state index contributed by atoms with van der Waals surface area (Å²) in [6.45, 7) is 7.19. The van der Waals surface area contributed by atoms with Crippen LogP contribution in [0, 0.1) is 13.8 Å². The number of aryl methyl sites for hydroxylation is 2. The van der Waals surface area contributed by atoms with Gasteiger partial charge < -0.3 is 15.5 Å². The zero-order valence-corrected chi connectivity index (χ0v) is 17.3. The van der Waals surface area contributed by atoms with E-state index in [9.17, 15) is 4.79 Å². The molecule has 0 radical (unpaired) electrons. The fourth-order valence-corrected chi connectivity index (χ4v) is 2.72. The number of carbonyl (C=O) groups excluding carboxylic acids is 1. The number of thioether (sulfide) groups is 1. The van der Waals surface area contributed by atoms with Crippen molar-refractivity contribution in [3.8, 4) is 0 Å².